The lowest BCUT2D eigenvalue weighted by molar-refractivity contribution is -0.0668. The highest BCUT2D eigenvalue weighted by Crippen LogP contribution is 2.30. The number of alkyl halides is 1. The van der Waals surface area contributed by atoms with Crippen LogP contribution in [0, 0.1) is 0 Å². The Balaban J connectivity index is 2.37. The zero-order valence-electron chi connectivity index (χ0n) is 7.52. The molecular weight excluding hydrogens is 157 g/mol. The predicted molar refractivity (Wildman–Crippen MR) is 46.8 cm³/mol. The second kappa shape index (κ2) is 4.77. The highest BCUT2D eigenvalue weighted by Gasteiger charge is 2.31. The summed E-state index contributed by atoms with van der Waals surface area (Å²) in [5.74, 6) is 0. The van der Waals surface area contributed by atoms with Crippen LogP contribution in [0.5, 0.6) is 0 Å². The second-order valence-electron chi connectivity index (χ2n) is 3.49. The van der Waals surface area contributed by atoms with Crippen molar-refractivity contribution in [1.82, 2.24) is 0 Å². The van der Waals surface area contributed by atoms with Crippen LogP contribution in [-0.2, 0) is 4.74 Å². The average molecular weight is 175 g/mol. The number of rotatable bonds is 4. The first-order valence-corrected chi connectivity index (χ1v) is 4.73. The van der Waals surface area contributed by atoms with Crippen molar-refractivity contribution in [1.29, 1.82) is 0 Å². The standard InChI is InChI=1S/C9H18FNO/c10-6-7-12-9(8-11)4-2-1-3-5-9/h1-8,11H2. The molecule has 2 N–H and O–H groups in total. The topological polar surface area (TPSA) is 35.2 Å². The molecule has 2 nitrogen and oxygen atoms in total. The zero-order chi connectivity index (χ0) is 8.86. The van der Waals surface area contributed by atoms with Gasteiger partial charge in [0.05, 0.1) is 12.2 Å². The molecule has 0 bridgehead atoms. The molecule has 12 heavy (non-hydrogen) atoms. The lowest BCUT2D eigenvalue weighted by atomic mass is 9.85. The average Bonchev–Trinajstić information content (AvgIpc) is 2.16. The number of nitrogens with two attached hydrogens (primary N) is 1. The summed E-state index contributed by atoms with van der Waals surface area (Å²) in [6, 6.07) is 0. The summed E-state index contributed by atoms with van der Waals surface area (Å²) in [6.45, 7) is 0.339. The molecule has 0 aromatic heterocycles. The second-order valence-corrected chi connectivity index (χ2v) is 3.49. The first-order chi connectivity index (χ1) is 5.83. The van der Waals surface area contributed by atoms with Crippen LogP contribution >= 0.6 is 0 Å². The van der Waals surface area contributed by atoms with Gasteiger partial charge in [-0.15, -0.1) is 0 Å². The Morgan fingerprint density at radius 3 is 2.42 bits per heavy atom. The summed E-state index contributed by atoms with van der Waals surface area (Å²) >= 11 is 0. The SMILES string of the molecule is NCC1(OCCF)CCCCC1. The molecule has 0 aromatic carbocycles. The molecule has 1 fully saturated rings. The number of ether oxygens (including phenoxy) is 1. The summed E-state index contributed by atoms with van der Waals surface area (Å²) in [4.78, 5) is 0. The van der Waals surface area contributed by atoms with Gasteiger partial charge in [-0.3, -0.25) is 0 Å². The third-order valence-electron chi connectivity index (χ3n) is 2.62. The van der Waals surface area contributed by atoms with Crippen LogP contribution in [0.2, 0.25) is 0 Å². The summed E-state index contributed by atoms with van der Waals surface area (Å²) in [5.41, 5.74) is 5.44. The molecule has 0 atom stereocenters. The molecule has 0 unspecified atom stereocenters. The van der Waals surface area contributed by atoms with Crippen molar-refractivity contribution < 1.29 is 9.13 Å². The predicted octanol–water partition coefficient (Wildman–Crippen LogP) is 1.63. The van der Waals surface area contributed by atoms with Crippen molar-refractivity contribution in [2.24, 2.45) is 5.73 Å². The van der Waals surface area contributed by atoms with Gasteiger partial charge >= 0.3 is 0 Å². The van der Waals surface area contributed by atoms with Gasteiger partial charge in [0.2, 0.25) is 0 Å². The summed E-state index contributed by atoms with van der Waals surface area (Å²) in [7, 11) is 0. The van der Waals surface area contributed by atoms with Gasteiger partial charge in [-0.1, -0.05) is 19.3 Å². The number of hydrogen-bond donors (Lipinski definition) is 1. The maximum atomic E-state index is 11.9. The Bertz CT molecular complexity index is 124. The molecule has 72 valence electrons. The van der Waals surface area contributed by atoms with Gasteiger partial charge < -0.3 is 10.5 Å². The van der Waals surface area contributed by atoms with Crippen molar-refractivity contribution in [2.45, 2.75) is 37.7 Å². The lowest BCUT2D eigenvalue weighted by Gasteiger charge is -2.35. The molecule has 1 aliphatic carbocycles. The van der Waals surface area contributed by atoms with Crippen molar-refractivity contribution >= 4 is 0 Å². The van der Waals surface area contributed by atoms with Gasteiger partial charge in [0, 0.05) is 6.54 Å². The monoisotopic (exact) mass is 175 g/mol. The Hall–Kier alpha value is -0.150. The molecular formula is C9H18FNO. The van der Waals surface area contributed by atoms with Crippen molar-refractivity contribution in [3.8, 4) is 0 Å². The van der Waals surface area contributed by atoms with E-state index in [1.54, 1.807) is 0 Å². The summed E-state index contributed by atoms with van der Waals surface area (Å²) in [5, 5.41) is 0. The smallest absolute Gasteiger partial charge is 0.113 e. The van der Waals surface area contributed by atoms with Crippen molar-refractivity contribution in [2.75, 3.05) is 19.8 Å². The molecule has 0 saturated heterocycles. The fraction of sp³-hybridized carbons (Fsp3) is 1.00. The van der Waals surface area contributed by atoms with E-state index >= 15 is 0 Å². The molecule has 1 rings (SSSR count). The zero-order valence-corrected chi connectivity index (χ0v) is 7.52. The fourth-order valence-corrected chi connectivity index (χ4v) is 1.86. The lowest BCUT2D eigenvalue weighted by Crippen LogP contribution is -2.43. The minimum atomic E-state index is -0.401. The number of halogens is 1. The van der Waals surface area contributed by atoms with E-state index < -0.39 is 6.67 Å². The van der Waals surface area contributed by atoms with Gasteiger partial charge in [0.1, 0.15) is 6.67 Å². The molecule has 0 amide bonds. The summed E-state index contributed by atoms with van der Waals surface area (Å²) in [6.07, 6.45) is 5.61. The van der Waals surface area contributed by atoms with E-state index in [1.165, 1.54) is 19.3 Å². The molecule has 0 radical (unpaired) electrons. The highest BCUT2D eigenvalue weighted by molar-refractivity contribution is 4.85. The van der Waals surface area contributed by atoms with E-state index in [2.05, 4.69) is 0 Å². The normalized spacial score (nSPS) is 22.5. The minimum absolute atomic E-state index is 0.190. The maximum absolute atomic E-state index is 11.9. The van der Waals surface area contributed by atoms with Gasteiger partial charge in [0.15, 0.2) is 0 Å². The Labute approximate surface area is 73.3 Å². The number of hydrogen-bond acceptors (Lipinski definition) is 2. The van der Waals surface area contributed by atoms with E-state index in [4.69, 9.17) is 10.5 Å². The molecule has 0 heterocycles. The van der Waals surface area contributed by atoms with Crippen LogP contribution in [0.4, 0.5) is 4.39 Å². The quantitative estimate of drug-likeness (QED) is 0.705. The molecule has 1 aliphatic rings. The van der Waals surface area contributed by atoms with E-state index in [1.807, 2.05) is 0 Å². The van der Waals surface area contributed by atoms with Crippen LogP contribution in [0.3, 0.4) is 0 Å². The third kappa shape index (κ3) is 2.42. The molecule has 0 spiro atoms. The van der Waals surface area contributed by atoms with Crippen LogP contribution in [0.1, 0.15) is 32.1 Å². The molecule has 0 aliphatic heterocycles. The minimum Gasteiger partial charge on any atom is -0.371 e. The van der Waals surface area contributed by atoms with Gasteiger partial charge in [-0.2, -0.15) is 0 Å². The van der Waals surface area contributed by atoms with Crippen LogP contribution in [0.25, 0.3) is 0 Å². The Morgan fingerprint density at radius 2 is 1.92 bits per heavy atom. The van der Waals surface area contributed by atoms with Crippen LogP contribution in [0.15, 0.2) is 0 Å². The first kappa shape index (κ1) is 9.93. The van der Waals surface area contributed by atoms with E-state index in [9.17, 15) is 4.39 Å². The van der Waals surface area contributed by atoms with Crippen LogP contribution < -0.4 is 5.73 Å². The van der Waals surface area contributed by atoms with E-state index in [-0.39, 0.29) is 12.2 Å². The van der Waals surface area contributed by atoms with Crippen LogP contribution in [-0.4, -0.2) is 25.4 Å². The highest BCUT2D eigenvalue weighted by atomic mass is 19.1. The Kier molecular flexibility index (Phi) is 3.95. The van der Waals surface area contributed by atoms with Gasteiger partial charge in [0.25, 0.3) is 0 Å². The third-order valence-corrected chi connectivity index (χ3v) is 2.62. The molecule has 0 aromatic rings. The maximum Gasteiger partial charge on any atom is 0.113 e. The largest absolute Gasteiger partial charge is 0.371 e. The molecule has 1 saturated carbocycles. The van der Waals surface area contributed by atoms with E-state index in [0.717, 1.165) is 12.8 Å². The van der Waals surface area contributed by atoms with Gasteiger partial charge in [-0.25, -0.2) is 4.39 Å². The van der Waals surface area contributed by atoms with Crippen molar-refractivity contribution in [3.63, 3.8) is 0 Å². The Morgan fingerprint density at radius 1 is 1.25 bits per heavy atom. The van der Waals surface area contributed by atoms with E-state index in [0.29, 0.717) is 6.54 Å². The van der Waals surface area contributed by atoms with Gasteiger partial charge in [-0.05, 0) is 12.8 Å². The fourth-order valence-electron chi connectivity index (χ4n) is 1.86. The first-order valence-electron chi connectivity index (χ1n) is 4.73. The molecule has 3 heteroatoms. The van der Waals surface area contributed by atoms with Crippen molar-refractivity contribution in [3.05, 3.63) is 0 Å². The summed E-state index contributed by atoms with van der Waals surface area (Å²) < 4.78 is 17.4.